The fourth-order valence-electron chi connectivity index (χ4n) is 4.64. The van der Waals surface area contributed by atoms with E-state index in [2.05, 4.69) is 4.74 Å². The molecule has 0 aromatic rings. The van der Waals surface area contributed by atoms with E-state index in [0.29, 0.717) is 12.8 Å². The minimum Gasteiger partial charge on any atom is -0.458 e. The zero-order valence-corrected chi connectivity index (χ0v) is 17.6. The second-order valence-electron chi connectivity index (χ2n) is 8.38. The Balaban J connectivity index is 1.53. The number of halogens is 2. The molecule has 11 nitrogen and oxygen atoms in total. The van der Waals surface area contributed by atoms with Crippen LogP contribution in [0.2, 0.25) is 0 Å². The van der Waals surface area contributed by atoms with E-state index in [0.717, 1.165) is 12.8 Å². The van der Waals surface area contributed by atoms with Crippen LogP contribution < -0.4 is 0 Å². The van der Waals surface area contributed by atoms with Gasteiger partial charge in [0.1, 0.15) is 12.2 Å². The molecule has 0 amide bonds. The predicted octanol–water partition coefficient (Wildman–Crippen LogP) is 0.277. The zero-order chi connectivity index (χ0) is 23.9. The van der Waals surface area contributed by atoms with Crippen LogP contribution in [0, 0.1) is 11.8 Å². The minimum absolute atomic E-state index is 0.188. The number of fused-ring (bicyclic) bond motifs is 2. The molecule has 0 spiro atoms. The van der Waals surface area contributed by atoms with Crippen molar-refractivity contribution in [1.82, 2.24) is 0 Å². The van der Waals surface area contributed by atoms with Gasteiger partial charge in [-0.2, -0.15) is 17.2 Å². The first-order valence-electron chi connectivity index (χ1n) is 10.1. The largest absolute Gasteiger partial charge is 0.458 e. The van der Waals surface area contributed by atoms with Gasteiger partial charge >= 0.3 is 33.3 Å². The van der Waals surface area contributed by atoms with Crippen molar-refractivity contribution in [3.8, 4) is 0 Å². The van der Waals surface area contributed by atoms with Crippen molar-refractivity contribution in [3.63, 3.8) is 0 Å². The highest BCUT2D eigenvalue weighted by atomic mass is 32.2. The highest BCUT2D eigenvalue weighted by Crippen LogP contribution is 2.49. The molecule has 0 radical (unpaired) electrons. The summed E-state index contributed by atoms with van der Waals surface area (Å²) in [5.41, 5.74) is -1.05. The Morgan fingerprint density at radius 2 is 1.78 bits per heavy atom. The maximum Gasteiger partial charge on any atom is 0.430 e. The topological polar surface area (TPSA) is 174 Å². The van der Waals surface area contributed by atoms with Crippen LogP contribution in [-0.4, -0.2) is 70.4 Å². The third-order valence-electron chi connectivity index (χ3n) is 6.29. The standard InChI is InChI=1S/C18H24F2O11S/c19-18(20,32(26,27)28)16(24)31-14(22)4-3-13(21)29-12-8-10(17(25)5-1-2-6-17)9-7-11(12)30-15(9)23/h9-12,16,24-25H,1-8H2,(H,26,27,28). The molecule has 3 N–H and O–H groups in total. The number of ether oxygens (including phenoxy) is 3. The van der Waals surface area contributed by atoms with Crippen LogP contribution in [0.1, 0.15) is 51.4 Å². The average Bonchev–Trinajstić information content (AvgIpc) is 3.26. The molecule has 2 saturated carbocycles. The molecule has 1 aliphatic heterocycles. The second-order valence-corrected chi connectivity index (χ2v) is 9.87. The van der Waals surface area contributed by atoms with Gasteiger partial charge < -0.3 is 24.4 Å². The van der Waals surface area contributed by atoms with Gasteiger partial charge in [0, 0.05) is 12.3 Å². The maximum atomic E-state index is 13.2. The van der Waals surface area contributed by atoms with Crippen molar-refractivity contribution in [2.24, 2.45) is 11.8 Å². The van der Waals surface area contributed by atoms with E-state index in [4.69, 9.17) is 19.1 Å². The molecule has 1 heterocycles. The normalized spacial score (nSPS) is 30.5. The van der Waals surface area contributed by atoms with Crippen molar-refractivity contribution in [2.45, 2.75) is 80.7 Å². The van der Waals surface area contributed by atoms with Gasteiger partial charge in [0.05, 0.1) is 24.4 Å². The summed E-state index contributed by atoms with van der Waals surface area (Å²) in [5.74, 6) is -3.87. The van der Waals surface area contributed by atoms with E-state index >= 15 is 0 Å². The molecule has 5 atom stereocenters. The fourth-order valence-corrected chi connectivity index (χ4v) is 4.94. The molecule has 1 saturated heterocycles. The number of hydrogen-bond acceptors (Lipinski definition) is 10. The summed E-state index contributed by atoms with van der Waals surface area (Å²) in [4.78, 5) is 35.9. The lowest BCUT2D eigenvalue weighted by molar-refractivity contribution is -0.205. The summed E-state index contributed by atoms with van der Waals surface area (Å²) in [6.45, 7) is 0. The van der Waals surface area contributed by atoms with Crippen LogP contribution >= 0.6 is 0 Å². The average molecular weight is 486 g/mol. The summed E-state index contributed by atoms with van der Waals surface area (Å²) >= 11 is 0. The third-order valence-corrected chi connectivity index (χ3v) is 7.18. The molecule has 0 aromatic carbocycles. The molecule has 3 rings (SSSR count). The van der Waals surface area contributed by atoms with Gasteiger partial charge in [-0.1, -0.05) is 12.8 Å². The van der Waals surface area contributed by atoms with Gasteiger partial charge in [-0.05, 0) is 19.3 Å². The lowest BCUT2D eigenvalue weighted by Gasteiger charge is -2.40. The molecule has 32 heavy (non-hydrogen) atoms. The number of aliphatic hydroxyl groups is 2. The van der Waals surface area contributed by atoms with Crippen LogP contribution in [0.3, 0.4) is 0 Å². The van der Waals surface area contributed by atoms with Gasteiger partial charge in [0.25, 0.3) is 6.29 Å². The fraction of sp³-hybridized carbons (Fsp3) is 0.833. The first-order chi connectivity index (χ1) is 14.7. The lowest BCUT2D eigenvalue weighted by Crippen LogP contribution is -2.47. The molecule has 3 fully saturated rings. The smallest absolute Gasteiger partial charge is 0.430 e. The quantitative estimate of drug-likeness (QED) is 0.186. The highest BCUT2D eigenvalue weighted by Gasteiger charge is 2.57. The molecular formula is C18H24F2O11S. The molecule has 2 bridgehead atoms. The molecule has 5 unspecified atom stereocenters. The Hall–Kier alpha value is -1.90. The Kier molecular flexibility index (Phi) is 6.80. The van der Waals surface area contributed by atoms with E-state index in [-0.39, 0.29) is 12.8 Å². The van der Waals surface area contributed by atoms with Crippen LogP contribution in [0.25, 0.3) is 0 Å². The van der Waals surface area contributed by atoms with Gasteiger partial charge in [0.15, 0.2) is 0 Å². The number of aliphatic hydroxyl groups excluding tert-OH is 1. The van der Waals surface area contributed by atoms with Gasteiger partial charge in [0.2, 0.25) is 0 Å². The van der Waals surface area contributed by atoms with E-state index in [1.54, 1.807) is 0 Å². The Bertz CT molecular complexity index is 868. The monoisotopic (exact) mass is 486 g/mol. The van der Waals surface area contributed by atoms with E-state index < -0.39 is 82.1 Å². The number of carbonyl (C=O) groups is 3. The van der Waals surface area contributed by atoms with Gasteiger partial charge in [-0.25, -0.2) is 0 Å². The van der Waals surface area contributed by atoms with Crippen molar-refractivity contribution in [2.75, 3.05) is 0 Å². The second kappa shape index (κ2) is 8.80. The lowest BCUT2D eigenvalue weighted by atomic mass is 9.69. The summed E-state index contributed by atoms with van der Waals surface area (Å²) in [7, 11) is -6.04. The number of rotatable bonds is 8. The summed E-state index contributed by atoms with van der Waals surface area (Å²) in [5, 5.41) is 14.8. The van der Waals surface area contributed by atoms with Crippen molar-refractivity contribution >= 4 is 28.0 Å². The first kappa shape index (κ1) is 24.7. The van der Waals surface area contributed by atoms with Crippen LogP contribution in [0.15, 0.2) is 0 Å². The van der Waals surface area contributed by atoms with Crippen LogP contribution in [0.5, 0.6) is 0 Å². The number of carbonyl (C=O) groups excluding carboxylic acids is 3. The number of hydrogen-bond donors (Lipinski definition) is 3. The molecular weight excluding hydrogens is 462 g/mol. The summed E-state index contributed by atoms with van der Waals surface area (Å²) in [6.07, 6.45) is -3.36. The number of esters is 3. The Morgan fingerprint density at radius 3 is 2.38 bits per heavy atom. The van der Waals surface area contributed by atoms with E-state index in [9.17, 15) is 36.7 Å². The van der Waals surface area contributed by atoms with Crippen molar-refractivity contribution in [1.29, 1.82) is 0 Å². The van der Waals surface area contributed by atoms with Crippen LogP contribution in [-0.2, 0) is 38.7 Å². The van der Waals surface area contributed by atoms with Gasteiger partial charge in [-0.3, -0.25) is 18.9 Å². The third kappa shape index (κ3) is 4.87. The Morgan fingerprint density at radius 1 is 1.19 bits per heavy atom. The van der Waals surface area contributed by atoms with Crippen molar-refractivity contribution < 1.29 is 60.6 Å². The summed E-state index contributed by atoms with van der Waals surface area (Å²) in [6, 6.07) is 0. The molecule has 2 aliphatic carbocycles. The van der Waals surface area contributed by atoms with Crippen molar-refractivity contribution in [3.05, 3.63) is 0 Å². The SMILES string of the molecule is O=C(CCC(=O)OC(O)C(F)(F)S(=O)(=O)O)OC1CC(C2(O)CCCC2)C2CC1OC2=O. The maximum absolute atomic E-state index is 13.2. The molecule has 14 heteroatoms. The van der Waals surface area contributed by atoms with Gasteiger partial charge in [-0.15, -0.1) is 0 Å². The molecule has 0 aromatic heterocycles. The Labute approximate surface area is 181 Å². The first-order valence-corrected chi connectivity index (χ1v) is 11.5. The zero-order valence-electron chi connectivity index (χ0n) is 16.8. The highest BCUT2D eigenvalue weighted by molar-refractivity contribution is 7.86. The molecule has 3 aliphatic rings. The van der Waals surface area contributed by atoms with Crippen LogP contribution in [0.4, 0.5) is 8.78 Å². The summed E-state index contributed by atoms with van der Waals surface area (Å²) < 4.78 is 70.2. The predicted molar refractivity (Wildman–Crippen MR) is 97.2 cm³/mol. The number of alkyl halides is 2. The van der Waals surface area contributed by atoms with E-state index in [1.165, 1.54) is 0 Å². The minimum atomic E-state index is -6.04. The molecule has 182 valence electrons. The van der Waals surface area contributed by atoms with E-state index in [1.807, 2.05) is 0 Å².